The van der Waals surface area contributed by atoms with E-state index in [2.05, 4.69) is 20.2 Å². The van der Waals surface area contributed by atoms with Gasteiger partial charge in [-0.05, 0) is 32.2 Å². The minimum absolute atomic E-state index is 0.264. The van der Waals surface area contributed by atoms with Gasteiger partial charge in [0, 0.05) is 43.4 Å². The van der Waals surface area contributed by atoms with Crippen LogP contribution in [0.25, 0.3) is 0 Å². The van der Waals surface area contributed by atoms with E-state index >= 15 is 0 Å². The average Bonchev–Trinajstić information content (AvgIpc) is 2.90. The molecule has 6 nitrogen and oxygen atoms in total. The molecular formula is C19H28N4O2. The Morgan fingerprint density at radius 1 is 1.12 bits per heavy atom. The quantitative estimate of drug-likeness (QED) is 0.913. The lowest BCUT2D eigenvalue weighted by molar-refractivity contribution is 0.0443. The first-order valence-corrected chi connectivity index (χ1v) is 9.72. The van der Waals surface area contributed by atoms with E-state index in [-0.39, 0.29) is 11.7 Å². The van der Waals surface area contributed by atoms with Gasteiger partial charge in [0.1, 0.15) is 11.4 Å². The maximum absolute atomic E-state index is 11.4. The summed E-state index contributed by atoms with van der Waals surface area (Å²) < 4.78 is 5.55. The summed E-state index contributed by atoms with van der Waals surface area (Å²) in [5, 5.41) is 2.81. The molecule has 3 aliphatic rings. The van der Waals surface area contributed by atoms with Crippen molar-refractivity contribution in [1.29, 1.82) is 0 Å². The van der Waals surface area contributed by atoms with Crippen LogP contribution in [-0.4, -0.2) is 46.2 Å². The zero-order valence-corrected chi connectivity index (χ0v) is 14.9. The molecule has 4 rings (SSSR count). The van der Waals surface area contributed by atoms with Gasteiger partial charge in [0.05, 0.1) is 6.54 Å². The van der Waals surface area contributed by atoms with Gasteiger partial charge in [0.15, 0.2) is 0 Å². The molecule has 25 heavy (non-hydrogen) atoms. The second kappa shape index (κ2) is 7.28. The van der Waals surface area contributed by atoms with E-state index < -0.39 is 0 Å². The Kier molecular flexibility index (Phi) is 4.88. The van der Waals surface area contributed by atoms with Crippen LogP contribution in [0.2, 0.25) is 0 Å². The number of carbonyl (C=O) groups is 1. The Balaban J connectivity index is 1.33. The molecule has 3 fully saturated rings. The number of amides is 1. The van der Waals surface area contributed by atoms with Crippen molar-refractivity contribution in [1.82, 2.24) is 20.2 Å². The molecule has 0 aromatic carbocycles. The molecule has 1 aliphatic carbocycles. The van der Waals surface area contributed by atoms with E-state index in [1.165, 1.54) is 37.7 Å². The Morgan fingerprint density at radius 3 is 2.64 bits per heavy atom. The predicted octanol–water partition coefficient (Wildman–Crippen LogP) is 2.99. The van der Waals surface area contributed by atoms with E-state index in [1.54, 1.807) is 0 Å². The van der Waals surface area contributed by atoms with Gasteiger partial charge in [-0.3, -0.25) is 4.90 Å². The van der Waals surface area contributed by atoms with Gasteiger partial charge in [-0.1, -0.05) is 19.3 Å². The van der Waals surface area contributed by atoms with E-state index in [9.17, 15) is 4.79 Å². The molecule has 1 aromatic rings. The number of rotatable bonds is 3. The van der Waals surface area contributed by atoms with Crippen molar-refractivity contribution < 1.29 is 9.53 Å². The highest BCUT2D eigenvalue weighted by Gasteiger charge is 2.41. The summed E-state index contributed by atoms with van der Waals surface area (Å²) in [6.07, 6.45) is 13.1. The molecule has 1 atom stereocenters. The van der Waals surface area contributed by atoms with Crippen LogP contribution >= 0.6 is 0 Å². The van der Waals surface area contributed by atoms with Crippen molar-refractivity contribution in [3.8, 4) is 0 Å². The van der Waals surface area contributed by atoms with Gasteiger partial charge in [0.2, 0.25) is 0 Å². The fourth-order valence-electron chi connectivity index (χ4n) is 4.44. The zero-order chi connectivity index (χ0) is 17.1. The highest BCUT2D eigenvalue weighted by atomic mass is 16.6. The smallest absolute Gasteiger partial charge is 0.407 e. The summed E-state index contributed by atoms with van der Waals surface area (Å²) in [4.78, 5) is 23.1. The van der Waals surface area contributed by atoms with Crippen LogP contribution in [0.4, 0.5) is 4.79 Å². The lowest BCUT2D eigenvalue weighted by Crippen LogP contribution is -2.34. The number of nitrogens with one attached hydrogen (secondary N) is 1. The third-order valence-electron chi connectivity index (χ3n) is 5.96. The third-order valence-corrected chi connectivity index (χ3v) is 5.96. The van der Waals surface area contributed by atoms with Crippen molar-refractivity contribution in [2.24, 2.45) is 0 Å². The predicted molar refractivity (Wildman–Crippen MR) is 94.2 cm³/mol. The molecule has 1 aromatic heterocycles. The number of alkyl carbamates (subject to hydrolysis) is 1. The minimum atomic E-state index is -0.285. The lowest BCUT2D eigenvalue weighted by Gasteiger charge is -2.25. The van der Waals surface area contributed by atoms with Crippen molar-refractivity contribution in [3.63, 3.8) is 0 Å². The fraction of sp³-hybridized carbons (Fsp3) is 0.737. The van der Waals surface area contributed by atoms with E-state index in [1.807, 2.05) is 12.4 Å². The normalized spacial score (nSPS) is 28.6. The number of ether oxygens (including phenoxy) is 1. The molecule has 3 heterocycles. The second-order valence-corrected chi connectivity index (χ2v) is 7.84. The summed E-state index contributed by atoms with van der Waals surface area (Å²) in [6, 6.07) is 0. The van der Waals surface area contributed by atoms with Gasteiger partial charge < -0.3 is 10.1 Å². The van der Waals surface area contributed by atoms with Crippen molar-refractivity contribution in [2.75, 3.05) is 19.6 Å². The molecule has 0 bridgehead atoms. The number of hydrogen-bond donors (Lipinski definition) is 1. The Hall–Kier alpha value is -1.69. The number of hydrogen-bond acceptors (Lipinski definition) is 5. The van der Waals surface area contributed by atoms with Crippen LogP contribution in [0.5, 0.6) is 0 Å². The molecule has 0 unspecified atom stereocenters. The van der Waals surface area contributed by atoms with Gasteiger partial charge in [0.25, 0.3) is 0 Å². The van der Waals surface area contributed by atoms with Crippen LogP contribution in [-0.2, 0) is 11.3 Å². The summed E-state index contributed by atoms with van der Waals surface area (Å²) in [5.41, 5.74) is 0.893. The largest absolute Gasteiger partial charge is 0.441 e. The molecule has 1 saturated carbocycles. The maximum atomic E-state index is 11.4. The number of nitrogens with zero attached hydrogens (tertiary/aromatic N) is 3. The Bertz CT molecular complexity index is 600. The van der Waals surface area contributed by atoms with Gasteiger partial charge in [-0.2, -0.15) is 0 Å². The van der Waals surface area contributed by atoms with Crippen LogP contribution in [0, 0.1) is 0 Å². The van der Waals surface area contributed by atoms with E-state index in [0.29, 0.717) is 12.5 Å². The number of carbonyl (C=O) groups excluding carboxylic acids is 1. The number of likely N-dealkylation sites (tertiary alicyclic amines) is 1. The van der Waals surface area contributed by atoms with E-state index in [4.69, 9.17) is 4.74 Å². The topological polar surface area (TPSA) is 67.4 Å². The van der Waals surface area contributed by atoms with Gasteiger partial charge in [-0.25, -0.2) is 14.8 Å². The fourth-order valence-corrected chi connectivity index (χ4v) is 4.44. The first-order valence-electron chi connectivity index (χ1n) is 9.72. The molecule has 1 amide bonds. The van der Waals surface area contributed by atoms with Gasteiger partial charge >= 0.3 is 6.09 Å². The van der Waals surface area contributed by atoms with Crippen LogP contribution in [0.3, 0.4) is 0 Å². The van der Waals surface area contributed by atoms with Gasteiger partial charge in [-0.15, -0.1) is 0 Å². The zero-order valence-electron chi connectivity index (χ0n) is 14.9. The van der Waals surface area contributed by atoms with Crippen LogP contribution in [0.1, 0.15) is 68.7 Å². The molecule has 1 N–H and O–H groups in total. The maximum Gasteiger partial charge on any atom is 0.407 e. The standard InChI is InChI=1S/C19H28N4O2/c24-18-22-14-19(25-18)7-4-9-23(10-8-19)13-15-11-20-17(21-12-15)16-5-2-1-3-6-16/h11-12,16H,1-10,13-14H2,(H,22,24)/t19-/m0/s1. The Morgan fingerprint density at radius 2 is 1.92 bits per heavy atom. The summed E-state index contributed by atoms with van der Waals surface area (Å²) in [7, 11) is 0. The molecule has 0 radical (unpaired) electrons. The monoisotopic (exact) mass is 344 g/mol. The highest BCUT2D eigenvalue weighted by Crippen LogP contribution is 2.31. The summed E-state index contributed by atoms with van der Waals surface area (Å²) in [6.45, 7) is 3.50. The molecule has 1 spiro atoms. The minimum Gasteiger partial charge on any atom is -0.441 e. The molecule has 2 aliphatic heterocycles. The van der Waals surface area contributed by atoms with Crippen molar-refractivity contribution in [2.45, 2.75) is 69.4 Å². The first-order chi connectivity index (χ1) is 12.2. The highest BCUT2D eigenvalue weighted by molar-refractivity contribution is 5.70. The Labute approximate surface area is 149 Å². The molecule has 6 heteroatoms. The molecule has 2 saturated heterocycles. The SMILES string of the molecule is O=C1NC[C@@]2(CCCN(Cc3cnc(C4CCCCC4)nc3)CC2)O1. The summed E-state index contributed by atoms with van der Waals surface area (Å²) >= 11 is 0. The number of aromatic nitrogens is 2. The first kappa shape index (κ1) is 16.8. The average molecular weight is 344 g/mol. The van der Waals surface area contributed by atoms with Crippen LogP contribution in [0.15, 0.2) is 12.4 Å². The van der Waals surface area contributed by atoms with E-state index in [0.717, 1.165) is 44.7 Å². The third kappa shape index (κ3) is 3.94. The lowest BCUT2D eigenvalue weighted by atomic mass is 9.89. The molecule has 136 valence electrons. The van der Waals surface area contributed by atoms with Crippen molar-refractivity contribution >= 4 is 6.09 Å². The van der Waals surface area contributed by atoms with Crippen molar-refractivity contribution in [3.05, 3.63) is 23.8 Å². The summed E-state index contributed by atoms with van der Waals surface area (Å²) in [5.74, 6) is 1.59. The van der Waals surface area contributed by atoms with Crippen LogP contribution < -0.4 is 5.32 Å². The molecular weight excluding hydrogens is 316 g/mol. The second-order valence-electron chi connectivity index (χ2n) is 7.84.